The Hall–Kier alpha value is -0.200. The number of hydrogen-bond donors (Lipinski definition) is 1. The molecule has 0 amide bonds. The normalized spacial score (nSPS) is 27.4. The van der Waals surface area contributed by atoms with E-state index in [9.17, 15) is 0 Å². The molecule has 5 heteroatoms. The fraction of sp³-hybridized carbons (Fsp3) is 1.00. The van der Waals surface area contributed by atoms with E-state index in [4.69, 9.17) is 9.68 Å². The highest BCUT2D eigenvalue weighted by Crippen LogP contribution is 2.20. The minimum Gasteiger partial charge on any atom is -0.365 e. The monoisotopic (exact) mass is 203 g/mol. The van der Waals surface area contributed by atoms with Gasteiger partial charge in [0.25, 0.3) is 0 Å². The van der Waals surface area contributed by atoms with Gasteiger partial charge in [0.15, 0.2) is 0 Å². The Kier molecular flexibility index (Phi) is 4.28. The second-order valence-electron chi connectivity index (χ2n) is 4.23. The molecule has 2 rings (SSSR count). The van der Waals surface area contributed by atoms with E-state index >= 15 is 0 Å². The van der Waals surface area contributed by atoms with E-state index in [-0.39, 0.29) is 5.54 Å². The highest BCUT2D eigenvalue weighted by atomic mass is 16.8. The van der Waals surface area contributed by atoms with E-state index in [1.807, 2.05) is 24.2 Å². The summed E-state index contributed by atoms with van der Waals surface area (Å²) < 4.78 is 4.83. The summed E-state index contributed by atoms with van der Waals surface area (Å²) in [6, 6.07) is 0. The third-order valence-electron chi connectivity index (χ3n) is 2.35. The first kappa shape index (κ1) is 11.9. The molecule has 1 N–H and O–H groups in total. The lowest BCUT2D eigenvalue weighted by Crippen LogP contribution is -2.36. The van der Waals surface area contributed by atoms with Crippen molar-refractivity contribution in [1.29, 1.82) is 0 Å². The fourth-order valence-electron chi connectivity index (χ4n) is 1.35. The maximum Gasteiger partial charge on any atom is 0.0966 e. The summed E-state index contributed by atoms with van der Waals surface area (Å²) in [6.45, 7) is 7.93. The lowest BCUT2D eigenvalue weighted by molar-refractivity contribution is -0.261. The molecule has 0 radical (unpaired) electrons. The topological polar surface area (TPSA) is 37.0 Å². The summed E-state index contributed by atoms with van der Waals surface area (Å²) >= 11 is 0. The highest BCUT2D eigenvalue weighted by Gasteiger charge is 2.34. The molecule has 0 aromatic rings. The predicted octanol–water partition coefficient (Wildman–Crippen LogP) is 0.0525. The van der Waals surface area contributed by atoms with Crippen LogP contribution in [0.25, 0.3) is 0 Å². The van der Waals surface area contributed by atoms with Crippen LogP contribution in [-0.4, -0.2) is 56.2 Å². The molecule has 84 valence electrons. The first-order chi connectivity index (χ1) is 6.52. The Bertz CT molecular complexity index is 164. The van der Waals surface area contributed by atoms with Crippen molar-refractivity contribution in [2.75, 3.05) is 40.5 Å². The summed E-state index contributed by atoms with van der Waals surface area (Å²) in [5, 5.41) is 6.70. The van der Waals surface area contributed by atoms with Crippen LogP contribution in [0, 0.1) is 0 Å². The molecular weight excluding hydrogens is 182 g/mol. The SMILES string of the molecule is C1COCN1.CN1CC(C)(C)N(C)O1. The smallest absolute Gasteiger partial charge is 0.0966 e. The molecule has 2 fully saturated rings. The van der Waals surface area contributed by atoms with Crippen LogP contribution in [0.2, 0.25) is 0 Å². The fourth-order valence-corrected chi connectivity index (χ4v) is 1.35. The Morgan fingerprint density at radius 1 is 1.29 bits per heavy atom. The molecule has 2 heterocycles. The van der Waals surface area contributed by atoms with Crippen molar-refractivity contribution in [2.24, 2.45) is 0 Å². The van der Waals surface area contributed by atoms with Gasteiger partial charge >= 0.3 is 0 Å². The molecule has 5 nitrogen and oxygen atoms in total. The lowest BCUT2D eigenvalue weighted by atomic mass is 10.1. The average Bonchev–Trinajstić information content (AvgIpc) is 2.63. The van der Waals surface area contributed by atoms with Gasteiger partial charge in [0.05, 0.1) is 18.9 Å². The Morgan fingerprint density at radius 3 is 2.14 bits per heavy atom. The van der Waals surface area contributed by atoms with Crippen molar-refractivity contribution < 1.29 is 9.68 Å². The Balaban J connectivity index is 0.000000165. The molecule has 2 aliphatic heterocycles. The van der Waals surface area contributed by atoms with Gasteiger partial charge in [-0.25, -0.2) is 4.94 Å². The van der Waals surface area contributed by atoms with E-state index in [1.165, 1.54) is 0 Å². The maximum atomic E-state index is 5.24. The molecule has 0 aromatic carbocycles. The third-order valence-corrected chi connectivity index (χ3v) is 2.35. The van der Waals surface area contributed by atoms with Gasteiger partial charge in [-0.05, 0) is 13.8 Å². The third kappa shape index (κ3) is 3.51. The summed E-state index contributed by atoms with van der Waals surface area (Å²) in [7, 11) is 3.88. The Morgan fingerprint density at radius 2 is 2.00 bits per heavy atom. The van der Waals surface area contributed by atoms with E-state index in [0.29, 0.717) is 0 Å². The number of nitrogens with one attached hydrogen (secondary N) is 1. The second-order valence-corrected chi connectivity index (χ2v) is 4.23. The average molecular weight is 203 g/mol. The van der Waals surface area contributed by atoms with Gasteiger partial charge in [0.1, 0.15) is 0 Å². The van der Waals surface area contributed by atoms with Gasteiger partial charge in [0, 0.05) is 27.2 Å². The quantitative estimate of drug-likeness (QED) is 0.602. The summed E-state index contributed by atoms with van der Waals surface area (Å²) in [6.07, 6.45) is 0. The molecule has 0 bridgehead atoms. The lowest BCUT2D eigenvalue weighted by Gasteiger charge is -2.21. The zero-order valence-corrected chi connectivity index (χ0v) is 9.54. The van der Waals surface area contributed by atoms with Crippen LogP contribution in [0.1, 0.15) is 13.8 Å². The molecule has 14 heavy (non-hydrogen) atoms. The van der Waals surface area contributed by atoms with Crippen LogP contribution in [0.5, 0.6) is 0 Å². The van der Waals surface area contributed by atoms with Crippen LogP contribution in [0.15, 0.2) is 0 Å². The van der Waals surface area contributed by atoms with Gasteiger partial charge in [-0.2, -0.15) is 10.1 Å². The van der Waals surface area contributed by atoms with Gasteiger partial charge in [-0.15, -0.1) is 0 Å². The summed E-state index contributed by atoms with van der Waals surface area (Å²) in [5.74, 6) is 0. The van der Waals surface area contributed by atoms with Crippen LogP contribution >= 0.6 is 0 Å². The zero-order chi connectivity index (χ0) is 10.6. The van der Waals surface area contributed by atoms with Crippen LogP contribution < -0.4 is 5.32 Å². The first-order valence-corrected chi connectivity index (χ1v) is 4.94. The number of likely N-dealkylation sites (N-methyl/N-ethyl adjacent to an activating group) is 2. The van der Waals surface area contributed by atoms with Gasteiger partial charge < -0.3 is 4.74 Å². The molecule has 0 atom stereocenters. The molecule has 0 aromatic heterocycles. The largest absolute Gasteiger partial charge is 0.365 e. The van der Waals surface area contributed by atoms with Crippen molar-refractivity contribution in [1.82, 2.24) is 15.4 Å². The number of rotatable bonds is 0. The van der Waals surface area contributed by atoms with Crippen LogP contribution in [0.3, 0.4) is 0 Å². The molecule has 0 unspecified atom stereocenters. The van der Waals surface area contributed by atoms with Crippen molar-refractivity contribution in [3.8, 4) is 0 Å². The van der Waals surface area contributed by atoms with Gasteiger partial charge in [0.2, 0.25) is 0 Å². The number of hydrogen-bond acceptors (Lipinski definition) is 5. The van der Waals surface area contributed by atoms with Crippen molar-refractivity contribution in [3.05, 3.63) is 0 Å². The Labute approximate surface area is 85.9 Å². The predicted molar refractivity (Wildman–Crippen MR) is 54.4 cm³/mol. The van der Waals surface area contributed by atoms with Gasteiger partial charge in [-0.3, -0.25) is 5.32 Å². The molecular formula is C9H21N3O2. The van der Waals surface area contributed by atoms with E-state index in [1.54, 1.807) is 0 Å². The van der Waals surface area contributed by atoms with E-state index in [2.05, 4.69) is 19.2 Å². The number of nitrogens with zero attached hydrogens (tertiary/aromatic N) is 2. The number of ether oxygens (including phenoxy) is 1. The molecule has 0 aliphatic carbocycles. The van der Waals surface area contributed by atoms with Gasteiger partial charge in [-0.1, -0.05) is 0 Å². The van der Waals surface area contributed by atoms with Crippen molar-refractivity contribution in [3.63, 3.8) is 0 Å². The number of hydroxylamine groups is 4. The molecule has 2 aliphatic rings. The van der Waals surface area contributed by atoms with E-state index < -0.39 is 0 Å². The highest BCUT2D eigenvalue weighted by molar-refractivity contribution is 4.79. The van der Waals surface area contributed by atoms with Crippen LogP contribution in [-0.2, 0) is 9.68 Å². The minimum atomic E-state index is 0.161. The van der Waals surface area contributed by atoms with E-state index in [0.717, 1.165) is 26.4 Å². The second kappa shape index (κ2) is 5.04. The maximum absolute atomic E-state index is 5.24. The minimum absolute atomic E-state index is 0.161. The summed E-state index contributed by atoms with van der Waals surface area (Å²) in [5.41, 5.74) is 0.161. The molecule has 2 saturated heterocycles. The van der Waals surface area contributed by atoms with Crippen molar-refractivity contribution in [2.45, 2.75) is 19.4 Å². The van der Waals surface area contributed by atoms with Crippen molar-refractivity contribution >= 4 is 0 Å². The zero-order valence-electron chi connectivity index (χ0n) is 9.54. The first-order valence-electron chi connectivity index (χ1n) is 4.94. The molecule has 0 spiro atoms. The standard InChI is InChI=1S/C6H14N2O.C3H7NO/c1-6(2)5-7(3)9-8(6)4;1-2-5-3-4-1/h5H2,1-4H3;4H,1-3H2. The van der Waals surface area contributed by atoms with Crippen LogP contribution in [0.4, 0.5) is 0 Å². The summed E-state index contributed by atoms with van der Waals surface area (Å²) in [4.78, 5) is 5.24. The molecule has 0 saturated carbocycles.